The molecular formula is C19H31NO5. The van der Waals surface area contributed by atoms with Crippen molar-refractivity contribution in [3.05, 3.63) is 35.9 Å². The molecule has 1 fully saturated rings. The Hall–Kier alpha value is -1.92. The predicted octanol–water partition coefficient (Wildman–Crippen LogP) is 2.89. The summed E-state index contributed by atoms with van der Waals surface area (Å²) >= 11 is 0. The molecule has 1 aliphatic heterocycles. The van der Waals surface area contributed by atoms with Crippen LogP contribution in [0.2, 0.25) is 0 Å². The fourth-order valence-corrected chi connectivity index (χ4v) is 2.13. The van der Waals surface area contributed by atoms with Crippen molar-refractivity contribution in [2.75, 3.05) is 19.8 Å². The molecule has 1 amide bonds. The summed E-state index contributed by atoms with van der Waals surface area (Å²) in [6.07, 6.45) is 1.78. The number of carboxylic acid groups (broad SMARTS) is 1. The summed E-state index contributed by atoms with van der Waals surface area (Å²) in [4.78, 5) is 22.5. The number of ketones is 1. The molecular weight excluding hydrogens is 322 g/mol. The van der Waals surface area contributed by atoms with E-state index in [0.29, 0.717) is 6.42 Å². The first-order valence-electron chi connectivity index (χ1n) is 8.68. The number of benzene rings is 1. The van der Waals surface area contributed by atoms with E-state index in [9.17, 15) is 9.59 Å². The first kappa shape index (κ1) is 23.1. The largest absolute Gasteiger partial charge is 0.465 e. The number of amides is 1. The quantitative estimate of drug-likeness (QED) is 0.756. The average Bonchev–Trinajstić information content (AvgIpc) is 3.14. The normalized spacial score (nSPS) is 13.8. The lowest BCUT2D eigenvalue weighted by molar-refractivity contribution is -0.123. The zero-order valence-corrected chi connectivity index (χ0v) is 15.4. The molecule has 0 saturated carbocycles. The minimum atomic E-state index is -1.17. The third kappa shape index (κ3) is 12.1. The van der Waals surface area contributed by atoms with Crippen LogP contribution < -0.4 is 5.32 Å². The Labute approximate surface area is 150 Å². The molecule has 2 rings (SSSR count). The number of Topliss-reactive ketones (excluding diaryl/α,β-unsaturated/α-hetero) is 1. The molecule has 3 N–H and O–H groups in total. The van der Waals surface area contributed by atoms with E-state index < -0.39 is 12.1 Å². The van der Waals surface area contributed by atoms with Gasteiger partial charge in [0.2, 0.25) is 0 Å². The fraction of sp³-hybridized carbons (Fsp3) is 0.579. The number of hydrogen-bond acceptors (Lipinski definition) is 4. The number of ether oxygens (including phenoxy) is 1. The Bertz CT molecular complexity index is 464. The Balaban J connectivity index is 0.000000592. The Morgan fingerprint density at radius 1 is 1.16 bits per heavy atom. The third-order valence-corrected chi connectivity index (χ3v) is 3.32. The van der Waals surface area contributed by atoms with Crippen LogP contribution in [-0.4, -0.2) is 48.0 Å². The molecule has 0 bridgehead atoms. The highest BCUT2D eigenvalue weighted by Crippen LogP contribution is 2.08. The lowest BCUT2D eigenvalue weighted by Crippen LogP contribution is -2.43. The van der Waals surface area contributed by atoms with Crippen molar-refractivity contribution in [2.45, 2.75) is 46.1 Å². The van der Waals surface area contributed by atoms with Crippen LogP contribution >= 0.6 is 0 Å². The van der Waals surface area contributed by atoms with Crippen molar-refractivity contribution in [1.29, 1.82) is 0 Å². The Morgan fingerprint density at radius 3 is 2.04 bits per heavy atom. The number of hydrogen-bond donors (Lipinski definition) is 3. The molecule has 1 atom stereocenters. The maximum absolute atomic E-state index is 11.9. The first-order chi connectivity index (χ1) is 11.9. The van der Waals surface area contributed by atoms with Gasteiger partial charge in [0.05, 0.1) is 6.04 Å². The summed E-state index contributed by atoms with van der Waals surface area (Å²) in [5.41, 5.74) is 0.945. The summed E-state index contributed by atoms with van der Waals surface area (Å²) in [6.45, 7) is 7.47. The van der Waals surface area contributed by atoms with E-state index in [1.165, 1.54) is 12.8 Å². The van der Waals surface area contributed by atoms with E-state index in [0.717, 1.165) is 18.8 Å². The van der Waals surface area contributed by atoms with E-state index in [1.807, 2.05) is 30.3 Å². The monoisotopic (exact) mass is 353 g/mol. The van der Waals surface area contributed by atoms with Gasteiger partial charge in [-0.15, -0.1) is 0 Å². The first-order valence-corrected chi connectivity index (χ1v) is 8.68. The van der Waals surface area contributed by atoms with Gasteiger partial charge in [-0.1, -0.05) is 44.2 Å². The van der Waals surface area contributed by atoms with E-state index in [4.69, 9.17) is 14.9 Å². The summed E-state index contributed by atoms with van der Waals surface area (Å²) in [6, 6.07) is 8.71. The molecule has 0 radical (unpaired) electrons. The van der Waals surface area contributed by atoms with Gasteiger partial charge in [0, 0.05) is 25.7 Å². The van der Waals surface area contributed by atoms with Crippen LogP contribution in [0.25, 0.3) is 0 Å². The number of nitrogens with one attached hydrogen (secondary N) is 1. The molecule has 25 heavy (non-hydrogen) atoms. The predicted molar refractivity (Wildman–Crippen MR) is 97.8 cm³/mol. The third-order valence-electron chi connectivity index (χ3n) is 3.32. The minimum Gasteiger partial charge on any atom is -0.465 e. The average molecular weight is 353 g/mol. The van der Waals surface area contributed by atoms with Gasteiger partial charge in [-0.05, 0) is 31.7 Å². The topological polar surface area (TPSA) is 95.9 Å². The molecule has 0 aliphatic carbocycles. The molecule has 0 unspecified atom stereocenters. The maximum atomic E-state index is 11.9. The molecule has 1 saturated heterocycles. The zero-order chi connectivity index (χ0) is 19.1. The van der Waals surface area contributed by atoms with Crippen LogP contribution in [0.3, 0.4) is 0 Å². The van der Waals surface area contributed by atoms with Gasteiger partial charge in [-0.25, -0.2) is 4.79 Å². The highest BCUT2D eigenvalue weighted by atomic mass is 16.5. The second-order valence-electron chi connectivity index (χ2n) is 5.88. The lowest BCUT2D eigenvalue weighted by Gasteiger charge is -2.17. The molecule has 6 heteroatoms. The second kappa shape index (κ2) is 14.4. The molecule has 1 aromatic carbocycles. The molecule has 0 spiro atoms. The van der Waals surface area contributed by atoms with Crippen molar-refractivity contribution < 1.29 is 24.5 Å². The number of carbonyl (C=O) groups is 2. The smallest absolute Gasteiger partial charge is 0.405 e. The number of carbonyl (C=O) groups excluding carboxylic acids is 1. The standard InChI is InChI=1S/C13H17NO3.C4H8O.C2H6O/c1-9(2)12(15)11(14-13(16)17)8-10-6-4-3-5-7-10;1-2-4-5-3-1;1-2-3/h3-7,9,11,14H,8H2,1-2H3,(H,16,17);1-4H2;3H,2H2,1H3/t11-;;/m0../s1. The highest BCUT2D eigenvalue weighted by molar-refractivity contribution is 5.88. The van der Waals surface area contributed by atoms with Crippen molar-refractivity contribution >= 4 is 11.9 Å². The van der Waals surface area contributed by atoms with Gasteiger partial charge in [-0.2, -0.15) is 0 Å². The molecule has 0 aromatic heterocycles. The number of aliphatic hydroxyl groups is 1. The molecule has 142 valence electrons. The summed E-state index contributed by atoms with van der Waals surface area (Å²) < 4.78 is 4.94. The van der Waals surface area contributed by atoms with Crippen molar-refractivity contribution in [3.63, 3.8) is 0 Å². The summed E-state index contributed by atoms with van der Waals surface area (Å²) in [5, 5.41) is 18.6. The molecule has 1 aliphatic rings. The van der Waals surface area contributed by atoms with Gasteiger partial charge in [0.1, 0.15) is 0 Å². The Morgan fingerprint density at radius 2 is 1.68 bits per heavy atom. The molecule has 6 nitrogen and oxygen atoms in total. The second-order valence-corrected chi connectivity index (χ2v) is 5.88. The van der Waals surface area contributed by atoms with Gasteiger partial charge in [0.15, 0.2) is 5.78 Å². The van der Waals surface area contributed by atoms with Gasteiger partial charge < -0.3 is 20.3 Å². The van der Waals surface area contributed by atoms with Crippen LogP contribution in [0.4, 0.5) is 4.79 Å². The van der Waals surface area contributed by atoms with Gasteiger partial charge >= 0.3 is 6.09 Å². The fourth-order valence-electron chi connectivity index (χ4n) is 2.13. The van der Waals surface area contributed by atoms with Crippen LogP contribution in [-0.2, 0) is 16.0 Å². The maximum Gasteiger partial charge on any atom is 0.405 e. The summed E-state index contributed by atoms with van der Waals surface area (Å²) in [7, 11) is 0. The minimum absolute atomic E-state index is 0.0868. The van der Waals surface area contributed by atoms with Gasteiger partial charge in [-0.3, -0.25) is 4.79 Å². The van der Waals surface area contributed by atoms with Crippen LogP contribution in [0.1, 0.15) is 39.2 Å². The molecule has 1 aromatic rings. The highest BCUT2D eigenvalue weighted by Gasteiger charge is 2.23. The van der Waals surface area contributed by atoms with Crippen molar-refractivity contribution in [1.82, 2.24) is 5.32 Å². The Kier molecular flexibility index (Phi) is 13.3. The van der Waals surface area contributed by atoms with E-state index >= 15 is 0 Å². The zero-order valence-electron chi connectivity index (χ0n) is 15.4. The number of rotatable bonds is 5. The number of aliphatic hydroxyl groups excluding tert-OH is 1. The van der Waals surface area contributed by atoms with Crippen molar-refractivity contribution in [2.24, 2.45) is 5.92 Å². The summed E-state index contributed by atoms with van der Waals surface area (Å²) in [5.74, 6) is -0.271. The van der Waals surface area contributed by atoms with Crippen LogP contribution in [0.5, 0.6) is 0 Å². The van der Waals surface area contributed by atoms with E-state index in [1.54, 1.807) is 20.8 Å². The van der Waals surface area contributed by atoms with Crippen molar-refractivity contribution in [3.8, 4) is 0 Å². The van der Waals surface area contributed by atoms with Crippen LogP contribution in [0.15, 0.2) is 30.3 Å². The SMILES string of the molecule is C1CCOC1.CC(C)C(=O)[C@H](Cc1ccccc1)NC(=O)O.CCO. The van der Waals surface area contributed by atoms with Gasteiger partial charge in [0.25, 0.3) is 0 Å². The van der Waals surface area contributed by atoms with E-state index in [2.05, 4.69) is 5.32 Å². The molecule has 1 heterocycles. The van der Waals surface area contributed by atoms with E-state index in [-0.39, 0.29) is 18.3 Å². The lowest BCUT2D eigenvalue weighted by atomic mass is 9.96. The van der Waals surface area contributed by atoms with Crippen LogP contribution in [0, 0.1) is 5.92 Å².